The monoisotopic (exact) mass is 269 g/mol. The normalized spacial score (nSPS) is 18.4. The Balaban J connectivity index is 1.79. The van der Waals surface area contributed by atoms with Gasteiger partial charge in [0, 0.05) is 12.6 Å². The summed E-state index contributed by atoms with van der Waals surface area (Å²) in [5.41, 5.74) is 1.04. The summed E-state index contributed by atoms with van der Waals surface area (Å²) in [5, 5.41) is 13.0. The Hall–Kier alpha value is -1.38. The van der Waals surface area contributed by atoms with Gasteiger partial charge in [-0.1, -0.05) is 42.5 Å². The fourth-order valence-corrected chi connectivity index (χ4v) is 3.02. The molecule has 2 atom stereocenters. The molecule has 0 saturated heterocycles. The lowest BCUT2D eigenvalue weighted by molar-refractivity contribution is 0.104. The first-order valence-electron chi connectivity index (χ1n) is 7.53. The van der Waals surface area contributed by atoms with Crippen LogP contribution in [0.1, 0.15) is 31.4 Å². The van der Waals surface area contributed by atoms with Crippen LogP contribution in [0.2, 0.25) is 0 Å². The van der Waals surface area contributed by atoms with E-state index in [1.807, 2.05) is 24.3 Å². The number of likely N-dealkylation sites (N-methyl/N-ethyl adjacent to an activating group) is 1. The van der Waals surface area contributed by atoms with Gasteiger partial charge in [0.15, 0.2) is 0 Å². The molecule has 3 rings (SSSR count). The molecular formula is C18H23NO. The second-order valence-electron chi connectivity index (χ2n) is 6.10. The fourth-order valence-electron chi connectivity index (χ4n) is 3.02. The number of hydrogen-bond donors (Lipinski definition) is 1. The van der Waals surface area contributed by atoms with Crippen molar-refractivity contribution >= 4 is 10.8 Å². The Morgan fingerprint density at radius 3 is 2.60 bits per heavy atom. The number of nitrogens with zero attached hydrogens (tertiary/aromatic N) is 1. The van der Waals surface area contributed by atoms with Crippen molar-refractivity contribution in [1.29, 1.82) is 0 Å². The third-order valence-corrected chi connectivity index (χ3v) is 4.64. The minimum atomic E-state index is -0.424. The summed E-state index contributed by atoms with van der Waals surface area (Å²) in [6.45, 7) is 2.97. The molecule has 1 saturated carbocycles. The van der Waals surface area contributed by atoms with Gasteiger partial charge in [0.2, 0.25) is 0 Å². The van der Waals surface area contributed by atoms with Crippen molar-refractivity contribution in [3.05, 3.63) is 48.0 Å². The first kappa shape index (κ1) is 13.6. The van der Waals surface area contributed by atoms with Crippen molar-refractivity contribution in [1.82, 2.24) is 4.90 Å². The Kier molecular flexibility index (Phi) is 3.77. The zero-order valence-electron chi connectivity index (χ0n) is 12.3. The molecule has 106 valence electrons. The van der Waals surface area contributed by atoms with Crippen LogP contribution in [0.3, 0.4) is 0 Å². The molecular weight excluding hydrogens is 246 g/mol. The predicted octanol–water partition coefficient (Wildman–Crippen LogP) is 3.60. The number of hydrogen-bond acceptors (Lipinski definition) is 2. The van der Waals surface area contributed by atoms with Crippen LogP contribution in [0.25, 0.3) is 10.8 Å². The molecule has 0 amide bonds. The molecule has 1 N–H and O–H groups in total. The molecule has 0 radical (unpaired) electrons. The summed E-state index contributed by atoms with van der Waals surface area (Å²) in [6, 6.07) is 15.0. The largest absolute Gasteiger partial charge is 0.387 e. The van der Waals surface area contributed by atoms with E-state index in [4.69, 9.17) is 0 Å². The number of benzene rings is 2. The molecule has 1 aliphatic carbocycles. The molecule has 2 unspecified atom stereocenters. The lowest BCUT2D eigenvalue weighted by Gasteiger charge is -2.27. The van der Waals surface area contributed by atoms with E-state index in [2.05, 4.69) is 37.1 Å². The highest BCUT2D eigenvalue weighted by Crippen LogP contribution is 2.35. The van der Waals surface area contributed by atoms with E-state index in [-0.39, 0.29) is 0 Å². The van der Waals surface area contributed by atoms with E-state index >= 15 is 0 Å². The number of fused-ring (bicyclic) bond motifs is 1. The SMILES string of the molecule is CC(C1CC1)N(C)CC(O)c1cccc2ccccc12. The van der Waals surface area contributed by atoms with Gasteiger partial charge < -0.3 is 10.0 Å². The maximum absolute atomic E-state index is 10.6. The molecule has 1 aliphatic rings. The van der Waals surface area contributed by atoms with E-state index in [9.17, 15) is 5.11 Å². The third-order valence-electron chi connectivity index (χ3n) is 4.64. The predicted molar refractivity (Wildman–Crippen MR) is 83.7 cm³/mol. The lowest BCUT2D eigenvalue weighted by atomic mass is 10.00. The van der Waals surface area contributed by atoms with Gasteiger partial charge in [0.1, 0.15) is 0 Å². The molecule has 2 heteroatoms. The second-order valence-corrected chi connectivity index (χ2v) is 6.10. The summed E-state index contributed by atoms with van der Waals surface area (Å²) in [7, 11) is 2.12. The van der Waals surface area contributed by atoms with Crippen molar-refractivity contribution in [3.8, 4) is 0 Å². The Labute approximate surface area is 121 Å². The summed E-state index contributed by atoms with van der Waals surface area (Å²) >= 11 is 0. The standard InChI is InChI=1S/C18H23NO/c1-13(14-10-11-14)19(2)12-18(20)17-9-5-7-15-6-3-4-8-16(15)17/h3-9,13-14,18,20H,10-12H2,1-2H3. The highest BCUT2D eigenvalue weighted by molar-refractivity contribution is 5.85. The van der Waals surface area contributed by atoms with Crippen molar-refractivity contribution in [3.63, 3.8) is 0 Å². The van der Waals surface area contributed by atoms with E-state index in [1.165, 1.54) is 18.2 Å². The van der Waals surface area contributed by atoms with Crippen LogP contribution in [0.5, 0.6) is 0 Å². The van der Waals surface area contributed by atoms with Gasteiger partial charge >= 0.3 is 0 Å². The Morgan fingerprint density at radius 2 is 1.85 bits per heavy atom. The van der Waals surface area contributed by atoms with Crippen LogP contribution >= 0.6 is 0 Å². The van der Waals surface area contributed by atoms with Crippen LogP contribution < -0.4 is 0 Å². The highest BCUT2D eigenvalue weighted by atomic mass is 16.3. The summed E-state index contributed by atoms with van der Waals surface area (Å²) in [6.07, 6.45) is 2.26. The van der Waals surface area contributed by atoms with Gasteiger partial charge in [-0.15, -0.1) is 0 Å². The quantitative estimate of drug-likeness (QED) is 0.896. The molecule has 0 bridgehead atoms. The zero-order valence-corrected chi connectivity index (χ0v) is 12.3. The van der Waals surface area contributed by atoms with Gasteiger partial charge in [-0.3, -0.25) is 0 Å². The van der Waals surface area contributed by atoms with Crippen molar-refractivity contribution in [2.45, 2.75) is 31.9 Å². The first-order chi connectivity index (χ1) is 9.66. The van der Waals surface area contributed by atoms with Gasteiger partial charge in [-0.2, -0.15) is 0 Å². The van der Waals surface area contributed by atoms with Crippen LogP contribution in [-0.4, -0.2) is 29.6 Å². The molecule has 20 heavy (non-hydrogen) atoms. The second kappa shape index (κ2) is 5.55. The van der Waals surface area contributed by atoms with Crippen molar-refractivity contribution in [2.24, 2.45) is 5.92 Å². The van der Waals surface area contributed by atoms with Crippen LogP contribution in [0, 0.1) is 5.92 Å². The van der Waals surface area contributed by atoms with Crippen LogP contribution in [0.4, 0.5) is 0 Å². The molecule has 1 fully saturated rings. The minimum Gasteiger partial charge on any atom is -0.387 e. The topological polar surface area (TPSA) is 23.5 Å². The average Bonchev–Trinajstić information content (AvgIpc) is 3.30. The molecule has 2 aromatic rings. The van der Waals surface area contributed by atoms with E-state index in [1.54, 1.807) is 0 Å². The van der Waals surface area contributed by atoms with Crippen LogP contribution in [0.15, 0.2) is 42.5 Å². The van der Waals surface area contributed by atoms with Crippen LogP contribution in [-0.2, 0) is 0 Å². The molecule has 0 aromatic heterocycles. The van der Waals surface area contributed by atoms with Gasteiger partial charge in [0.25, 0.3) is 0 Å². The number of aliphatic hydroxyl groups is 1. The summed E-state index contributed by atoms with van der Waals surface area (Å²) in [4.78, 5) is 2.30. The van der Waals surface area contributed by atoms with Gasteiger partial charge in [-0.05, 0) is 49.1 Å². The smallest absolute Gasteiger partial charge is 0.0922 e. The van der Waals surface area contributed by atoms with Crippen molar-refractivity contribution < 1.29 is 5.11 Å². The van der Waals surface area contributed by atoms with E-state index < -0.39 is 6.10 Å². The molecule has 0 aliphatic heterocycles. The zero-order chi connectivity index (χ0) is 14.1. The van der Waals surface area contributed by atoms with Gasteiger partial charge in [0.05, 0.1) is 6.10 Å². The maximum atomic E-state index is 10.6. The minimum absolute atomic E-state index is 0.424. The highest BCUT2D eigenvalue weighted by Gasteiger charge is 2.31. The third kappa shape index (κ3) is 2.72. The molecule has 2 nitrogen and oxygen atoms in total. The first-order valence-corrected chi connectivity index (χ1v) is 7.53. The van der Waals surface area contributed by atoms with Gasteiger partial charge in [-0.25, -0.2) is 0 Å². The lowest BCUT2D eigenvalue weighted by Crippen LogP contribution is -2.34. The van der Waals surface area contributed by atoms with Crippen molar-refractivity contribution in [2.75, 3.05) is 13.6 Å². The Bertz CT molecular complexity index is 585. The maximum Gasteiger partial charge on any atom is 0.0922 e. The van der Waals surface area contributed by atoms with E-state index in [0.29, 0.717) is 12.6 Å². The summed E-state index contributed by atoms with van der Waals surface area (Å²) in [5.74, 6) is 0.833. The summed E-state index contributed by atoms with van der Waals surface area (Å²) < 4.78 is 0. The molecule has 0 spiro atoms. The average molecular weight is 269 g/mol. The molecule has 2 aromatic carbocycles. The number of aliphatic hydroxyl groups excluding tert-OH is 1. The van der Waals surface area contributed by atoms with E-state index in [0.717, 1.165) is 16.9 Å². The Morgan fingerprint density at radius 1 is 1.15 bits per heavy atom. The fraction of sp³-hybridized carbons (Fsp3) is 0.444. The number of rotatable bonds is 5. The molecule has 0 heterocycles.